The number of hydrogen-bond acceptors (Lipinski definition) is 3. The lowest BCUT2D eigenvalue weighted by Crippen LogP contribution is -1.96. The summed E-state index contributed by atoms with van der Waals surface area (Å²) in [6.07, 6.45) is 3.03. The number of ether oxygens (including phenoxy) is 1. The molecule has 9 heavy (non-hydrogen) atoms. The average molecular weight is 142 g/mol. The lowest BCUT2D eigenvalue weighted by atomic mass is 10.6. The molecule has 3 heteroatoms. The second-order valence-electron chi connectivity index (χ2n) is 1.55. The van der Waals surface area contributed by atoms with Gasteiger partial charge in [0.15, 0.2) is 10.8 Å². The van der Waals surface area contributed by atoms with E-state index in [1.54, 1.807) is 13.0 Å². The molecule has 0 unspecified atom stereocenters. The Balaban J connectivity index is 2.58. The van der Waals surface area contributed by atoms with Gasteiger partial charge < -0.3 is 9.15 Å². The Morgan fingerprint density at radius 1 is 1.78 bits per heavy atom. The molecule has 0 aliphatic heterocycles. The fraction of sp³-hybridized carbons (Fsp3) is 0.167. The summed E-state index contributed by atoms with van der Waals surface area (Å²) in [5.74, 6) is 0.655. The second kappa shape index (κ2) is 2.64. The van der Waals surface area contributed by atoms with E-state index in [4.69, 9.17) is 9.15 Å². The van der Waals surface area contributed by atoms with E-state index in [2.05, 4.69) is 12.2 Å². The third kappa shape index (κ3) is 1.85. The smallest absolute Gasteiger partial charge is 0.166 e. The molecule has 0 radical (unpaired) electrons. The van der Waals surface area contributed by atoms with Crippen molar-refractivity contribution in [1.29, 1.82) is 0 Å². The van der Waals surface area contributed by atoms with E-state index in [0.717, 1.165) is 0 Å². The molecule has 1 aromatic rings. The molecular weight excluding hydrogens is 136 g/mol. The summed E-state index contributed by atoms with van der Waals surface area (Å²) in [5.41, 5.74) is 0. The normalized spacial score (nSPS) is 9.00. The summed E-state index contributed by atoms with van der Waals surface area (Å²) in [6.45, 7) is 1.71. The summed E-state index contributed by atoms with van der Waals surface area (Å²) in [7, 11) is 0. The molecule has 1 heterocycles. The van der Waals surface area contributed by atoms with Gasteiger partial charge in [-0.1, -0.05) is 0 Å². The topological polar surface area (TPSA) is 22.4 Å². The molecule has 0 aliphatic carbocycles. The van der Waals surface area contributed by atoms with Gasteiger partial charge in [0.05, 0.1) is 6.26 Å². The van der Waals surface area contributed by atoms with Crippen LogP contribution in [-0.2, 0) is 0 Å². The predicted molar refractivity (Wildman–Crippen MR) is 37.6 cm³/mol. The molecule has 48 valence electrons. The van der Waals surface area contributed by atoms with Crippen molar-refractivity contribution in [1.82, 2.24) is 0 Å². The largest absolute Gasteiger partial charge is 0.469 e. The van der Waals surface area contributed by atoms with E-state index in [1.165, 1.54) is 12.5 Å². The van der Waals surface area contributed by atoms with E-state index in [9.17, 15) is 0 Å². The number of thiocarbonyl (C=S) groups is 1. The van der Waals surface area contributed by atoms with Crippen LogP contribution in [0.3, 0.4) is 0 Å². The molecule has 0 aromatic carbocycles. The van der Waals surface area contributed by atoms with Crippen molar-refractivity contribution in [2.24, 2.45) is 0 Å². The standard InChI is InChI=1S/C6H6O2S/c1-5(9)8-6-2-3-7-4-6/h2-4H,1H3. The highest BCUT2D eigenvalue weighted by molar-refractivity contribution is 7.80. The SMILES string of the molecule is CC(=S)Oc1ccoc1. The van der Waals surface area contributed by atoms with Crippen LogP contribution in [0.1, 0.15) is 6.92 Å². The Morgan fingerprint density at radius 2 is 2.56 bits per heavy atom. The molecule has 0 spiro atoms. The first kappa shape index (κ1) is 6.29. The van der Waals surface area contributed by atoms with Gasteiger partial charge in [0.1, 0.15) is 6.26 Å². The minimum Gasteiger partial charge on any atom is -0.469 e. The van der Waals surface area contributed by atoms with Crippen LogP contribution >= 0.6 is 12.2 Å². The highest BCUT2D eigenvalue weighted by atomic mass is 32.1. The van der Waals surface area contributed by atoms with Crippen molar-refractivity contribution in [3.05, 3.63) is 18.6 Å². The van der Waals surface area contributed by atoms with Gasteiger partial charge in [-0.3, -0.25) is 0 Å². The molecule has 1 rings (SSSR count). The van der Waals surface area contributed by atoms with Crippen LogP contribution in [0.15, 0.2) is 23.0 Å². The van der Waals surface area contributed by atoms with Crippen LogP contribution in [0.5, 0.6) is 5.75 Å². The Bertz CT molecular complexity index is 191. The van der Waals surface area contributed by atoms with Crippen molar-refractivity contribution in [2.45, 2.75) is 6.92 Å². The van der Waals surface area contributed by atoms with E-state index in [1.807, 2.05) is 0 Å². The Labute approximate surface area is 58.4 Å². The zero-order valence-corrected chi connectivity index (χ0v) is 5.77. The van der Waals surface area contributed by atoms with Gasteiger partial charge in [0, 0.05) is 13.0 Å². The molecule has 0 atom stereocenters. The summed E-state index contributed by atoms with van der Waals surface area (Å²) < 4.78 is 9.72. The minimum atomic E-state index is 0.497. The monoisotopic (exact) mass is 142 g/mol. The Morgan fingerprint density at radius 3 is 3.00 bits per heavy atom. The van der Waals surface area contributed by atoms with Crippen LogP contribution in [-0.4, -0.2) is 5.05 Å². The van der Waals surface area contributed by atoms with Crippen LogP contribution in [0, 0.1) is 0 Å². The fourth-order valence-electron chi connectivity index (χ4n) is 0.476. The Hall–Kier alpha value is -0.830. The third-order valence-corrected chi connectivity index (χ3v) is 0.840. The first-order valence-electron chi connectivity index (χ1n) is 2.49. The first-order valence-corrected chi connectivity index (χ1v) is 2.90. The van der Waals surface area contributed by atoms with Crippen molar-refractivity contribution >= 4 is 17.3 Å². The van der Waals surface area contributed by atoms with E-state index < -0.39 is 0 Å². The van der Waals surface area contributed by atoms with Gasteiger partial charge in [0.2, 0.25) is 0 Å². The Kier molecular flexibility index (Phi) is 1.85. The maximum atomic E-state index is 4.99. The van der Waals surface area contributed by atoms with Gasteiger partial charge >= 0.3 is 0 Å². The van der Waals surface area contributed by atoms with Crippen molar-refractivity contribution < 1.29 is 9.15 Å². The van der Waals surface area contributed by atoms with Gasteiger partial charge in [-0.2, -0.15) is 0 Å². The van der Waals surface area contributed by atoms with Gasteiger partial charge in [0.25, 0.3) is 0 Å². The molecule has 0 aliphatic rings. The maximum absolute atomic E-state index is 4.99. The lowest BCUT2D eigenvalue weighted by molar-refractivity contribution is 0.520. The molecule has 0 amide bonds. The average Bonchev–Trinajstić information content (AvgIpc) is 2.15. The molecule has 0 bridgehead atoms. The van der Waals surface area contributed by atoms with Gasteiger partial charge in [-0.25, -0.2) is 0 Å². The van der Waals surface area contributed by atoms with E-state index >= 15 is 0 Å². The third-order valence-electron chi connectivity index (χ3n) is 0.757. The van der Waals surface area contributed by atoms with Crippen molar-refractivity contribution in [2.75, 3.05) is 0 Å². The van der Waals surface area contributed by atoms with Gasteiger partial charge in [-0.15, -0.1) is 0 Å². The number of hydrogen-bond donors (Lipinski definition) is 0. The molecule has 1 aromatic heterocycles. The minimum absolute atomic E-state index is 0.497. The van der Waals surface area contributed by atoms with Crippen LogP contribution < -0.4 is 4.74 Å². The molecule has 0 saturated heterocycles. The van der Waals surface area contributed by atoms with Gasteiger partial charge in [-0.05, 0) is 12.2 Å². The molecular formula is C6H6O2S. The summed E-state index contributed by atoms with van der Waals surface area (Å²) >= 11 is 4.68. The fourth-order valence-corrected chi connectivity index (χ4v) is 0.572. The highest BCUT2D eigenvalue weighted by Crippen LogP contribution is 2.09. The van der Waals surface area contributed by atoms with Crippen molar-refractivity contribution in [3.8, 4) is 5.75 Å². The quantitative estimate of drug-likeness (QED) is 0.560. The molecule has 0 fully saturated rings. The zero-order chi connectivity index (χ0) is 6.69. The highest BCUT2D eigenvalue weighted by Gasteiger charge is 1.93. The summed E-state index contributed by atoms with van der Waals surface area (Å²) in [4.78, 5) is 0. The first-order chi connectivity index (χ1) is 4.29. The van der Waals surface area contributed by atoms with Crippen molar-refractivity contribution in [3.63, 3.8) is 0 Å². The van der Waals surface area contributed by atoms with Crippen LogP contribution in [0.4, 0.5) is 0 Å². The number of furan rings is 1. The van der Waals surface area contributed by atoms with E-state index in [-0.39, 0.29) is 0 Å². The predicted octanol–water partition coefficient (Wildman–Crippen LogP) is 2.01. The number of rotatable bonds is 1. The molecule has 2 nitrogen and oxygen atoms in total. The van der Waals surface area contributed by atoms with E-state index in [0.29, 0.717) is 10.8 Å². The van der Waals surface area contributed by atoms with Crippen LogP contribution in [0.25, 0.3) is 0 Å². The summed E-state index contributed by atoms with van der Waals surface area (Å²) in [6, 6.07) is 1.70. The molecule has 0 saturated carbocycles. The zero-order valence-electron chi connectivity index (χ0n) is 4.96. The lowest BCUT2D eigenvalue weighted by Gasteiger charge is -1.94. The molecule has 0 N–H and O–H groups in total. The maximum Gasteiger partial charge on any atom is 0.166 e. The van der Waals surface area contributed by atoms with Crippen LogP contribution in [0.2, 0.25) is 0 Å². The second-order valence-corrected chi connectivity index (χ2v) is 2.13. The summed E-state index contributed by atoms with van der Waals surface area (Å²) in [5, 5.41) is 0.497.